The third-order valence-electron chi connectivity index (χ3n) is 4.95. The lowest BCUT2D eigenvalue weighted by Crippen LogP contribution is -2.41. The van der Waals surface area contributed by atoms with Crippen molar-refractivity contribution < 1.29 is 23.6 Å². The number of ether oxygens (including phenoxy) is 2. The smallest absolute Gasteiger partial charge is 0.444 e. The van der Waals surface area contributed by atoms with E-state index in [-0.39, 0.29) is 11.2 Å². The normalized spacial score (nSPS) is 18.2. The first-order valence-corrected chi connectivity index (χ1v) is 9.89. The summed E-state index contributed by atoms with van der Waals surface area (Å²) < 4.78 is 23.3. The van der Waals surface area contributed by atoms with Gasteiger partial charge in [-0.05, 0) is 65.9 Å². The third-order valence-corrected chi connectivity index (χ3v) is 4.95. The minimum absolute atomic E-state index is 0.376. The number of amides is 1. The summed E-state index contributed by atoms with van der Waals surface area (Å²) in [5.41, 5.74) is 0.796. The van der Waals surface area contributed by atoms with E-state index in [1.54, 1.807) is 0 Å². The highest BCUT2D eigenvalue weighted by Crippen LogP contribution is 2.36. The van der Waals surface area contributed by atoms with Crippen molar-refractivity contribution in [3.8, 4) is 0 Å². The van der Waals surface area contributed by atoms with E-state index in [2.05, 4.69) is 5.32 Å². The molecule has 1 aliphatic heterocycles. The second kappa shape index (κ2) is 8.85. The van der Waals surface area contributed by atoms with Gasteiger partial charge in [-0.3, -0.25) is 0 Å². The second-order valence-electron chi connectivity index (χ2n) is 9.12. The lowest BCUT2D eigenvalue weighted by molar-refractivity contribution is 0.00578. The van der Waals surface area contributed by atoms with Crippen LogP contribution in [0.1, 0.15) is 60.5 Å². The Hall–Kier alpha value is -1.57. The van der Waals surface area contributed by atoms with Crippen LogP contribution in [0.3, 0.4) is 0 Å². The molecule has 28 heavy (non-hydrogen) atoms. The van der Waals surface area contributed by atoms with Gasteiger partial charge in [-0.1, -0.05) is 24.3 Å². The van der Waals surface area contributed by atoms with E-state index in [1.165, 1.54) is 0 Å². The van der Waals surface area contributed by atoms with Crippen molar-refractivity contribution in [3.05, 3.63) is 29.8 Å². The molecule has 1 heterocycles. The molecule has 0 spiro atoms. The number of benzene rings is 1. The molecule has 156 valence electrons. The Kier molecular flexibility index (Phi) is 7.18. The molecule has 1 saturated heterocycles. The standard InChI is InChI=1S/C21H34BNO5/c1-19(2,3)26-18(24)23-13-10-14-25-15-16-11-8-9-12-17(16)22-27-20(4,5)21(6,7)28-22/h8-9,11-12H,10,13-15H2,1-7H3,(H,23,24). The Bertz CT molecular complexity index is 653. The van der Waals surface area contributed by atoms with E-state index in [1.807, 2.05) is 72.7 Å². The summed E-state index contributed by atoms with van der Waals surface area (Å²) in [5.74, 6) is 0. The molecule has 0 saturated carbocycles. The van der Waals surface area contributed by atoms with Crippen LogP contribution in [0.2, 0.25) is 0 Å². The van der Waals surface area contributed by atoms with Gasteiger partial charge in [-0.2, -0.15) is 0 Å². The molecule has 1 fully saturated rings. The molecule has 0 atom stereocenters. The highest BCUT2D eigenvalue weighted by Gasteiger charge is 2.52. The Morgan fingerprint density at radius 1 is 1.11 bits per heavy atom. The lowest BCUT2D eigenvalue weighted by atomic mass is 9.76. The summed E-state index contributed by atoms with van der Waals surface area (Å²) in [6, 6.07) is 8.01. The van der Waals surface area contributed by atoms with E-state index in [0.717, 1.165) is 11.0 Å². The summed E-state index contributed by atoms with van der Waals surface area (Å²) in [6.07, 6.45) is 0.302. The van der Waals surface area contributed by atoms with Crippen LogP contribution in [-0.4, -0.2) is 43.2 Å². The minimum atomic E-state index is -0.488. The summed E-state index contributed by atoms with van der Waals surface area (Å²) in [4.78, 5) is 11.6. The maximum Gasteiger partial charge on any atom is 0.495 e. The second-order valence-corrected chi connectivity index (χ2v) is 9.12. The molecule has 1 aromatic rings. The molecule has 0 aromatic heterocycles. The van der Waals surface area contributed by atoms with Crippen LogP contribution >= 0.6 is 0 Å². The fraction of sp³-hybridized carbons (Fsp3) is 0.667. The molecule has 0 aliphatic carbocycles. The van der Waals surface area contributed by atoms with Crippen molar-refractivity contribution in [2.45, 2.75) is 78.3 Å². The third kappa shape index (κ3) is 6.22. The zero-order valence-corrected chi connectivity index (χ0v) is 18.3. The fourth-order valence-corrected chi connectivity index (χ4v) is 2.73. The topological polar surface area (TPSA) is 66.0 Å². The molecule has 1 N–H and O–H groups in total. The van der Waals surface area contributed by atoms with E-state index in [0.29, 0.717) is 26.2 Å². The van der Waals surface area contributed by atoms with Crippen LogP contribution in [-0.2, 0) is 25.4 Å². The van der Waals surface area contributed by atoms with Gasteiger partial charge in [0, 0.05) is 13.2 Å². The number of carbonyl (C=O) groups excluding carboxylic acids is 1. The fourth-order valence-electron chi connectivity index (χ4n) is 2.73. The number of carbonyl (C=O) groups is 1. The van der Waals surface area contributed by atoms with Crippen molar-refractivity contribution in [3.63, 3.8) is 0 Å². The Balaban J connectivity index is 1.80. The zero-order chi connectivity index (χ0) is 21.0. The number of hydrogen-bond acceptors (Lipinski definition) is 5. The van der Waals surface area contributed by atoms with Gasteiger partial charge in [-0.25, -0.2) is 4.79 Å². The van der Waals surface area contributed by atoms with Gasteiger partial charge >= 0.3 is 13.2 Å². The van der Waals surface area contributed by atoms with Gasteiger partial charge in [-0.15, -0.1) is 0 Å². The molecule has 1 aromatic carbocycles. The maximum absolute atomic E-state index is 11.6. The number of alkyl carbamates (subject to hydrolysis) is 1. The van der Waals surface area contributed by atoms with Crippen LogP contribution in [0.15, 0.2) is 24.3 Å². The van der Waals surface area contributed by atoms with Crippen molar-refractivity contribution in [2.75, 3.05) is 13.2 Å². The van der Waals surface area contributed by atoms with Gasteiger partial charge in [0.1, 0.15) is 5.60 Å². The van der Waals surface area contributed by atoms with Crippen molar-refractivity contribution >= 4 is 18.7 Å². The van der Waals surface area contributed by atoms with Crippen molar-refractivity contribution in [1.82, 2.24) is 5.32 Å². The van der Waals surface area contributed by atoms with Gasteiger partial charge in [0.2, 0.25) is 0 Å². The number of hydrogen-bond donors (Lipinski definition) is 1. The molecule has 1 amide bonds. The van der Waals surface area contributed by atoms with E-state index < -0.39 is 18.8 Å². The highest BCUT2D eigenvalue weighted by atomic mass is 16.7. The Labute approximate surface area is 169 Å². The van der Waals surface area contributed by atoms with Gasteiger partial charge in [0.25, 0.3) is 0 Å². The predicted octanol–water partition coefficient (Wildman–Crippen LogP) is 3.42. The monoisotopic (exact) mass is 391 g/mol. The molecule has 6 nitrogen and oxygen atoms in total. The summed E-state index contributed by atoms with van der Waals surface area (Å²) in [6.45, 7) is 15.2. The number of rotatable bonds is 7. The molecule has 0 unspecified atom stereocenters. The first-order chi connectivity index (χ1) is 12.9. The molecule has 0 bridgehead atoms. The van der Waals surface area contributed by atoms with Crippen LogP contribution in [0, 0.1) is 0 Å². The van der Waals surface area contributed by atoms with Crippen molar-refractivity contribution in [2.24, 2.45) is 0 Å². The molecule has 1 aliphatic rings. The lowest BCUT2D eigenvalue weighted by Gasteiger charge is -2.32. The molecule has 0 radical (unpaired) electrons. The largest absolute Gasteiger partial charge is 0.495 e. The average molecular weight is 391 g/mol. The van der Waals surface area contributed by atoms with E-state index >= 15 is 0 Å². The van der Waals surface area contributed by atoms with Crippen molar-refractivity contribution in [1.29, 1.82) is 0 Å². The summed E-state index contributed by atoms with van der Waals surface area (Å²) in [7, 11) is -0.404. The highest BCUT2D eigenvalue weighted by molar-refractivity contribution is 6.62. The quantitative estimate of drug-likeness (QED) is 0.570. The predicted molar refractivity (Wildman–Crippen MR) is 111 cm³/mol. The first kappa shape index (κ1) is 22.7. The van der Waals surface area contributed by atoms with Gasteiger partial charge in [0.15, 0.2) is 0 Å². The minimum Gasteiger partial charge on any atom is -0.444 e. The number of nitrogens with one attached hydrogen (secondary N) is 1. The van der Waals surface area contributed by atoms with Crippen LogP contribution in [0.4, 0.5) is 4.79 Å². The Morgan fingerprint density at radius 3 is 2.32 bits per heavy atom. The zero-order valence-electron chi connectivity index (χ0n) is 18.3. The van der Waals surface area contributed by atoms with Crippen LogP contribution in [0.5, 0.6) is 0 Å². The van der Waals surface area contributed by atoms with Gasteiger partial charge < -0.3 is 24.1 Å². The van der Waals surface area contributed by atoms with E-state index in [9.17, 15) is 4.79 Å². The molecular weight excluding hydrogens is 357 g/mol. The SMILES string of the molecule is CC(C)(C)OC(=O)NCCCOCc1ccccc1B1OC(C)(C)C(C)(C)O1. The molecule has 7 heteroatoms. The van der Waals surface area contributed by atoms with E-state index in [4.69, 9.17) is 18.8 Å². The van der Waals surface area contributed by atoms with Gasteiger partial charge in [0.05, 0.1) is 17.8 Å². The maximum atomic E-state index is 11.6. The van der Waals surface area contributed by atoms with Crippen LogP contribution < -0.4 is 10.8 Å². The Morgan fingerprint density at radius 2 is 1.71 bits per heavy atom. The molecule has 2 rings (SSSR count). The van der Waals surface area contributed by atoms with Crippen LogP contribution in [0.25, 0.3) is 0 Å². The summed E-state index contributed by atoms with van der Waals surface area (Å²) in [5, 5.41) is 2.73. The summed E-state index contributed by atoms with van der Waals surface area (Å²) >= 11 is 0. The molecular formula is C21H34BNO5. The first-order valence-electron chi connectivity index (χ1n) is 9.89. The average Bonchev–Trinajstić information content (AvgIpc) is 2.77.